The van der Waals surface area contributed by atoms with Gasteiger partial charge in [-0.3, -0.25) is 10.2 Å². The van der Waals surface area contributed by atoms with Crippen LogP contribution >= 0.6 is 0 Å². The van der Waals surface area contributed by atoms with Gasteiger partial charge in [0.25, 0.3) is 11.9 Å². The summed E-state index contributed by atoms with van der Waals surface area (Å²) in [4.78, 5) is 21.2. The minimum Gasteiger partial charge on any atom is -0.412 e. The summed E-state index contributed by atoms with van der Waals surface area (Å²) in [6.45, 7) is 1.93. The van der Waals surface area contributed by atoms with E-state index in [1.807, 2.05) is 61.5 Å². The molecule has 27 heavy (non-hydrogen) atoms. The number of hydrogen-bond donors (Lipinski definition) is 3. The Labute approximate surface area is 157 Å². The molecule has 0 saturated heterocycles. The average Bonchev–Trinajstić information content (AvgIpc) is 2.79. The van der Waals surface area contributed by atoms with Gasteiger partial charge in [-0.15, -0.1) is 0 Å². The van der Waals surface area contributed by atoms with Gasteiger partial charge in [0.05, 0.1) is 11.4 Å². The number of benzodiazepines with no additional fused rings is 1. The summed E-state index contributed by atoms with van der Waals surface area (Å²) in [5.41, 5.74) is 8.72. The number of carbonyl (C=O) groups is 1. The van der Waals surface area contributed by atoms with Crippen molar-refractivity contribution in [3.05, 3.63) is 65.7 Å². The molecule has 3 rings (SSSR count). The SMILES string of the molecule is CCCC(=N)OC(N)=NC1N=C(c2ccccc2)c2ccccc2NC1=O. The molecule has 138 valence electrons. The molecular formula is C20H21N5O2. The second-order valence-corrected chi connectivity index (χ2v) is 5.99. The number of carbonyl (C=O) groups excluding carboxylic acids is 1. The number of fused-ring (bicyclic) bond motifs is 1. The lowest BCUT2D eigenvalue weighted by atomic mass is 10.0. The van der Waals surface area contributed by atoms with Gasteiger partial charge < -0.3 is 15.8 Å². The van der Waals surface area contributed by atoms with E-state index >= 15 is 0 Å². The topological polar surface area (TPSA) is 113 Å². The number of aliphatic imine (C=N–C) groups is 2. The molecule has 1 heterocycles. The molecule has 0 aliphatic carbocycles. The fraction of sp³-hybridized carbons (Fsp3) is 0.200. The summed E-state index contributed by atoms with van der Waals surface area (Å²) in [7, 11) is 0. The summed E-state index contributed by atoms with van der Waals surface area (Å²) >= 11 is 0. The van der Waals surface area contributed by atoms with E-state index in [-0.39, 0.29) is 11.9 Å². The lowest BCUT2D eigenvalue weighted by molar-refractivity contribution is -0.117. The first-order chi connectivity index (χ1) is 13.1. The molecule has 0 bridgehead atoms. The van der Waals surface area contributed by atoms with Gasteiger partial charge in [-0.1, -0.05) is 55.5 Å². The van der Waals surface area contributed by atoms with Crippen molar-refractivity contribution in [2.75, 3.05) is 5.32 Å². The Hall–Kier alpha value is -3.48. The van der Waals surface area contributed by atoms with Crippen molar-refractivity contribution in [1.29, 1.82) is 5.41 Å². The van der Waals surface area contributed by atoms with Crippen molar-refractivity contribution < 1.29 is 9.53 Å². The van der Waals surface area contributed by atoms with Crippen molar-refractivity contribution in [2.24, 2.45) is 15.7 Å². The molecule has 7 heteroatoms. The zero-order chi connectivity index (χ0) is 19.2. The van der Waals surface area contributed by atoms with Crippen molar-refractivity contribution in [2.45, 2.75) is 25.9 Å². The quantitative estimate of drug-likeness (QED) is 0.573. The number of rotatable bonds is 4. The van der Waals surface area contributed by atoms with Gasteiger partial charge in [0.1, 0.15) is 0 Å². The molecule has 1 unspecified atom stereocenters. The van der Waals surface area contributed by atoms with E-state index in [9.17, 15) is 4.79 Å². The number of nitrogens with two attached hydrogens (primary N) is 1. The molecule has 1 aliphatic heterocycles. The normalized spacial score (nSPS) is 16.6. The molecule has 0 fully saturated rings. The number of para-hydroxylation sites is 1. The van der Waals surface area contributed by atoms with Crippen LogP contribution in [0.5, 0.6) is 0 Å². The molecule has 2 aromatic carbocycles. The molecule has 1 atom stereocenters. The van der Waals surface area contributed by atoms with E-state index in [1.54, 1.807) is 0 Å². The van der Waals surface area contributed by atoms with Crippen molar-refractivity contribution in [3.8, 4) is 0 Å². The number of hydrogen-bond acceptors (Lipinski definition) is 5. The molecule has 0 spiro atoms. The van der Waals surface area contributed by atoms with E-state index in [1.165, 1.54) is 0 Å². The van der Waals surface area contributed by atoms with Gasteiger partial charge in [-0.25, -0.2) is 4.99 Å². The Kier molecular flexibility index (Phi) is 5.61. The molecule has 0 radical (unpaired) electrons. The van der Waals surface area contributed by atoms with Crippen molar-refractivity contribution >= 4 is 29.2 Å². The van der Waals surface area contributed by atoms with Crippen LogP contribution in [0.25, 0.3) is 0 Å². The molecule has 1 amide bonds. The Morgan fingerprint density at radius 3 is 2.67 bits per heavy atom. The first kappa shape index (κ1) is 18.3. The molecule has 2 aromatic rings. The van der Waals surface area contributed by atoms with Gasteiger partial charge in [-0.2, -0.15) is 4.99 Å². The summed E-state index contributed by atoms with van der Waals surface area (Å²) < 4.78 is 5.16. The highest BCUT2D eigenvalue weighted by atomic mass is 16.5. The van der Waals surface area contributed by atoms with E-state index < -0.39 is 12.1 Å². The van der Waals surface area contributed by atoms with Crippen LogP contribution in [0.4, 0.5) is 5.69 Å². The van der Waals surface area contributed by atoms with E-state index in [4.69, 9.17) is 15.9 Å². The third kappa shape index (κ3) is 4.38. The van der Waals surface area contributed by atoms with Gasteiger partial charge in [0, 0.05) is 17.5 Å². The Bertz CT molecular complexity index is 906. The zero-order valence-corrected chi connectivity index (χ0v) is 15.0. The van der Waals surface area contributed by atoms with Crippen LogP contribution in [-0.2, 0) is 9.53 Å². The maximum absolute atomic E-state index is 12.6. The molecule has 7 nitrogen and oxygen atoms in total. The molecular weight excluding hydrogens is 342 g/mol. The minimum atomic E-state index is -1.11. The second-order valence-electron chi connectivity index (χ2n) is 5.99. The maximum Gasteiger partial charge on any atom is 0.291 e. The van der Waals surface area contributed by atoms with Gasteiger partial charge in [-0.05, 0) is 12.5 Å². The van der Waals surface area contributed by atoms with Crippen LogP contribution in [0.3, 0.4) is 0 Å². The second kappa shape index (κ2) is 8.27. The third-order valence-electron chi connectivity index (χ3n) is 3.93. The number of nitrogens with one attached hydrogen (secondary N) is 2. The van der Waals surface area contributed by atoms with Gasteiger partial charge in [0.15, 0.2) is 5.90 Å². The van der Waals surface area contributed by atoms with Gasteiger partial charge >= 0.3 is 0 Å². The smallest absolute Gasteiger partial charge is 0.291 e. The van der Waals surface area contributed by atoms with Crippen LogP contribution in [0, 0.1) is 5.41 Å². The number of benzene rings is 2. The lowest BCUT2D eigenvalue weighted by Gasteiger charge is -2.09. The molecule has 0 saturated carbocycles. The zero-order valence-electron chi connectivity index (χ0n) is 15.0. The van der Waals surface area contributed by atoms with Crippen LogP contribution in [0.15, 0.2) is 64.6 Å². The summed E-state index contributed by atoms with van der Waals surface area (Å²) in [6, 6.07) is 16.7. The van der Waals surface area contributed by atoms with Crippen molar-refractivity contribution in [1.82, 2.24) is 0 Å². The highest BCUT2D eigenvalue weighted by Gasteiger charge is 2.25. The Morgan fingerprint density at radius 2 is 1.93 bits per heavy atom. The first-order valence-electron chi connectivity index (χ1n) is 8.70. The monoisotopic (exact) mass is 363 g/mol. The van der Waals surface area contributed by atoms with Crippen LogP contribution in [-0.4, -0.2) is 29.7 Å². The van der Waals surface area contributed by atoms with E-state index in [0.717, 1.165) is 17.5 Å². The number of anilines is 1. The fourth-order valence-electron chi connectivity index (χ4n) is 2.71. The van der Waals surface area contributed by atoms with Crippen LogP contribution in [0.2, 0.25) is 0 Å². The Morgan fingerprint density at radius 1 is 1.22 bits per heavy atom. The highest BCUT2D eigenvalue weighted by Crippen LogP contribution is 2.24. The number of amidine groups is 1. The number of nitrogens with zero attached hydrogens (tertiary/aromatic N) is 2. The highest BCUT2D eigenvalue weighted by molar-refractivity contribution is 6.19. The predicted octanol–water partition coefficient (Wildman–Crippen LogP) is 2.91. The fourth-order valence-corrected chi connectivity index (χ4v) is 2.71. The predicted molar refractivity (Wildman–Crippen MR) is 106 cm³/mol. The summed E-state index contributed by atoms with van der Waals surface area (Å²) in [6.07, 6.45) is 0.0839. The average molecular weight is 363 g/mol. The minimum absolute atomic E-state index is 0.00308. The summed E-state index contributed by atoms with van der Waals surface area (Å²) in [5.74, 6) is -0.412. The van der Waals surface area contributed by atoms with Crippen LogP contribution < -0.4 is 11.1 Å². The molecule has 1 aliphatic rings. The molecule has 0 aromatic heterocycles. The van der Waals surface area contributed by atoms with Gasteiger partial charge in [0.2, 0.25) is 6.17 Å². The maximum atomic E-state index is 12.6. The third-order valence-corrected chi connectivity index (χ3v) is 3.93. The van der Waals surface area contributed by atoms with E-state index in [0.29, 0.717) is 17.8 Å². The first-order valence-corrected chi connectivity index (χ1v) is 8.70. The lowest BCUT2D eigenvalue weighted by Crippen LogP contribution is -2.29. The standard InChI is InChI=1S/C20H21N5O2/c1-2-8-16(21)27-20(22)25-18-19(26)23-15-12-7-6-11-14(15)17(24-18)13-9-4-3-5-10-13/h3-7,9-12,18,21H,2,8H2,1H3,(H2,22,25)(H,23,26). The summed E-state index contributed by atoms with van der Waals surface area (Å²) in [5, 5.41) is 10.5. The number of amides is 1. The Balaban J connectivity index is 2.00. The van der Waals surface area contributed by atoms with Crippen LogP contribution in [0.1, 0.15) is 30.9 Å². The van der Waals surface area contributed by atoms with Crippen molar-refractivity contribution in [3.63, 3.8) is 0 Å². The largest absolute Gasteiger partial charge is 0.412 e. The van der Waals surface area contributed by atoms with E-state index in [2.05, 4.69) is 15.3 Å². The molecule has 4 N–H and O–H groups in total. The number of ether oxygens (including phenoxy) is 1.